The Kier molecular flexibility index (Phi) is 4.88. The van der Waals surface area contributed by atoms with Crippen molar-refractivity contribution < 1.29 is 4.74 Å². The molecule has 0 spiro atoms. The lowest BCUT2D eigenvalue weighted by atomic mass is 9.98. The molecule has 0 radical (unpaired) electrons. The number of rotatable bonds is 7. The second-order valence-electron chi connectivity index (χ2n) is 5.54. The fourth-order valence-electron chi connectivity index (χ4n) is 2.58. The summed E-state index contributed by atoms with van der Waals surface area (Å²) in [6, 6.07) is 0. The minimum Gasteiger partial charge on any atom is -0.383 e. The van der Waals surface area contributed by atoms with Gasteiger partial charge in [0.1, 0.15) is 5.82 Å². The quantitative estimate of drug-likeness (QED) is 0.767. The van der Waals surface area contributed by atoms with Crippen molar-refractivity contribution in [3.8, 4) is 0 Å². The highest BCUT2D eigenvalue weighted by molar-refractivity contribution is 5.29. The smallest absolute Gasteiger partial charge is 0.131 e. The van der Waals surface area contributed by atoms with E-state index in [0.29, 0.717) is 11.8 Å². The summed E-state index contributed by atoms with van der Waals surface area (Å²) < 4.78 is 5.04. The monoisotopic (exact) mass is 263 g/mol. The summed E-state index contributed by atoms with van der Waals surface area (Å²) in [5.41, 5.74) is 3.60. The molecule has 1 aromatic rings. The van der Waals surface area contributed by atoms with Crippen LogP contribution >= 0.6 is 0 Å². The van der Waals surface area contributed by atoms with Gasteiger partial charge in [-0.2, -0.15) is 0 Å². The molecule has 1 aliphatic rings. The van der Waals surface area contributed by atoms with Crippen molar-refractivity contribution >= 4 is 0 Å². The number of hydrogen-bond acceptors (Lipinski definition) is 4. The molecule has 1 N–H and O–H groups in total. The maximum absolute atomic E-state index is 5.04. The van der Waals surface area contributed by atoms with Crippen molar-refractivity contribution in [2.75, 3.05) is 26.8 Å². The highest BCUT2D eigenvalue weighted by Gasteiger charge is 2.28. The van der Waals surface area contributed by atoms with E-state index in [2.05, 4.69) is 26.1 Å². The van der Waals surface area contributed by atoms with E-state index < -0.39 is 0 Å². The van der Waals surface area contributed by atoms with Gasteiger partial charge in [0.15, 0.2) is 0 Å². The van der Waals surface area contributed by atoms with Gasteiger partial charge in [0.05, 0.1) is 6.61 Å². The Morgan fingerprint density at radius 2 is 1.89 bits per heavy atom. The molecule has 106 valence electrons. The second-order valence-corrected chi connectivity index (χ2v) is 5.54. The van der Waals surface area contributed by atoms with Gasteiger partial charge in [0.25, 0.3) is 0 Å². The van der Waals surface area contributed by atoms with Crippen LogP contribution in [0.4, 0.5) is 0 Å². The first-order chi connectivity index (χ1) is 9.13. The zero-order valence-corrected chi connectivity index (χ0v) is 12.5. The molecule has 1 fully saturated rings. The van der Waals surface area contributed by atoms with E-state index in [1.807, 2.05) is 0 Å². The molecular weight excluding hydrogens is 238 g/mol. The van der Waals surface area contributed by atoms with E-state index in [1.54, 1.807) is 7.11 Å². The van der Waals surface area contributed by atoms with Crippen LogP contribution in [0.2, 0.25) is 0 Å². The highest BCUT2D eigenvalue weighted by atomic mass is 16.5. The summed E-state index contributed by atoms with van der Waals surface area (Å²) in [5, 5.41) is 3.41. The van der Waals surface area contributed by atoms with Gasteiger partial charge in [-0.3, -0.25) is 0 Å². The van der Waals surface area contributed by atoms with Crippen LogP contribution < -0.4 is 5.32 Å². The van der Waals surface area contributed by atoms with Crippen LogP contribution in [-0.4, -0.2) is 36.8 Å². The van der Waals surface area contributed by atoms with Crippen molar-refractivity contribution in [3.63, 3.8) is 0 Å². The Morgan fingerprint density at radius 3 is 2.42 bits per heavy atom. The van der Waals surface area contributed by atoms with Gasteiger partial charge in [-0.25, -0.2) is 9.97 Å². The summed E-state index contributed by atoms with van der Waals surface area (Å²) in [4.78, 5) is 9.40. The lowest BCUT2D eigenvalue weighted by Gasteiger charge is -2.18. The molecule has 1 aromatic heterocycles. The van der Waals surface area contributed by atoms with E-state index in [1.165, 1.54) is 18.4 Å². The number of hydrogen-bond donors (Lipinski definition) is 1. The molecule has 0 aliphatic heterocycles. The zero-order chi connectivity index (χ0) is 13.8. The summed E-state index contributed by atoms with van der Waals surface area (Å²) in [7, 11) is 1.73. The molecule has 19 heavy (non-hydrogen) atoms. The molecule has 1 atom stereocenters. The molecule has 1 unspecified atom stereocenters. The largest absolute Gasteiger partial charge is 0.383 e. The molecule has 0 amide bonds. The molecule has 1 heterocycles. The van der Waals surface area contributed by atoms with Crippen LogP contribution in [0.5, 0.6) is 0 Å². The Bertz CT molecular complexity index is 406. The molecule has 0 saturated heterocycles. The minimum atomic E-state index is 0.435. The maximum atomic E-state index is 5.04. The maximum Gasteiger partial charge on any atom is 0.131 e. The molecule has 0 bridgehead atoms. The minimum absolute atomic E-state index is 0.435. The number of nitrogens with one attached hydrogen (secondary N) is 1. The van der Waals surface area contributed by atoms with E-state index in [4.69, 9.17) is 14.7 Å². The second kappa shape index (κ2) is 6.44. The third kappa shape index (κ3) is 3.74. The molecule has 1 aliphatic carbocycles. The van der Waals surface area contributed by atoms with Crippen LogP contribution in [0.1, 0.15) is 54.4 Å². The average Bonchev–Trinajstić information content (AvgIpc) is 3.18. The number of aryl methyl sites for hydroxylation is 2. The molecule has 4 heteroatoms. The first kappa shape index (κ1) is 14.4. The van der Waals surface area contributed by atoms with E-state index in [9.17, 15) is 0 Å². The van der Waals surface area contributed by atoms with Gasteiger partial charge in [-0.1, -0.05) is 6.92 Å². The fraction of sp³-hybridized carbons (Fsp3) is 0.733. The molecule has 2 rings (SSSR count). The first-order valence-corrected chi connectivity index (χ1v) is 7.18. The van der Waals surface area contributed by atoms with Crippen LogP contribution in [0.15, 0.2) is 0 Å². The first-order valence-electron chi connectivity index (χ1n) is 7.18. The molecule has 1 saturated carbocycles. The number of nitrogens with zero attached hydrogens (tertiary/aromatic N) is 2. The standard InChI is InChI=1S/C15H25N3O/c1-10(9-16-7-8-19-4)14-11(2)17-15(13-5-6-13)18-12(14)3/h10,13,16H,5-9H2,1-4H3. The van der Waals surface area contributed by atoms with Crippen LogP contribution in [0.25, 0.3) is 0 Å². The Balaban J connectivity index is 2.02. The van der Waals surface area contributed by atoms with Crippen molar-refractivity contribution in [3.05, 3.63) is 22.8 Å². The molecular formula is C15H25N3O. The van der Waals surface area contributed by atoms with Gasteiger partial charge >= 0.3 is 0 Å². The average molecular weight is 263 g/mol. The highest BCUT2D eigenvalue weighted by Crippen LogP contribution is 2.38. The van der Waals surface area contributed by atoms with Crippen molar-refractivity contribution in [1.82, 2.24) is 15.3 Å². The summed E-state index contributed by atoms with van der Waals surface area (Å²) >= 11 is 0. The molecule has 4 nitrogen and oxygen atoms in total. The number of aromatic nitrogens is 2. The van der Waals surface area contributed by atoms with Crippen molar-refractivity contribution in [1.29, 1.82) is 0 Å². The normalized spacial score (nSPS) is 16.6. The summed E-state index contributed by atoms with van der Waals surface area (Å²) in [6.45, 7) is 9.04. The Morgan fingerprint density at radius 1 is 1.26 bits per heavy atom. The summed E-state index contributed by atoms with van der Waals surface area (Å²) in [6.07, 6.45) is 2.51. The number of ether oxygens (including phenoxy) is 1. The van der Waals surface area contributed by atoms with Crippen molar-refractivity contribution in [2.24, 2.45) is 0 Å². The summed E-state index contributed by atoms with van der Waals surface area (Å²) in [5.74, 6) is 2.12. The SMILES string of the molecule is COCCNCC(C)c1c(C)nc(C2CC2)nc1C. The predicted octanol–water partition coefficient (Wildman–Crippen LogP) is 2.31. The van der Waals surface area contributed by atoms with Gasteiger partial charge in [0, 0.05) is 37.5 Å². The van der Waals surface area contributed by atoms with Crippen LogP contribution in [0, 0.1) is 13.8 Å². The van der Waals surface area contributed by atoms with Crippen LogP contribution in [0.3, 0.4) is 0 Å². The van der Waals surface area contributed by atoms with Gasteiger partial charge in [-0.05, 0) is 38.2 Å². The lowest BCUT2D eigenvalue weighted by molar-refractivity contribution is 0.199. The fourth-order valence-corrected chi connectivity index (χ4v) is 2.58. The van der Waals surface area contributed by atoms with Gasteiger partial charge in [-0.15, -0.1) is 0 Å². The van der Waals surface area contributed by atoms with E-state index in [0.717, 1.165) is 36.9 Å². The topological polar surface area (TPSA) is 47.0 Å². The van der Waals surface area contributed by atoms with E-state index in [-0.39, 0.29) is 0 Å². The Labute approximate surface area is 116 Å². The predicted molar refractivity (Wildman–Crippen MR) is 76.6 cm³/mol. The number of methoxy groups -OCH3 is 1. The van der Waals surface area contributed by atoms with Crippen molar-refractivity contribution in [2.45, 2.75) is 45.4 Å². The Hall–Kier alpha value is -1.00. The molecule has 0 aromatic carbocycles. The van der Waals surface area contributed by atoms with Gasteiger partial charge in [0.2, 0.25) is 0 Å². The third-order valence-corrected chi connectivity index (χ3v) is 3.71. The lowest BCUT2D eigenvalue weighted by Crippen LogP contribution is -2.25. The van der Waals surface area contributed by atoms with E-state index >= 15 is 0 Å². The third-order valence-electron chi connectivity index (χ3n) is 3.71. The van der Waals surface area contributed by atoms with Crippen LogP contribution in [-0.2, 0) is 4.74 Å². The van der Waals surface area contributed by atoms with Gasteiger partial charge < -0.3 is 10.1 Å². The zero-order valence-electron chi connectivity index (χ0n) is 12.5.